The zero-order valence-electron chi connectivity index (χ0n) is 17.4. The molecule has 0 bridgehead atoms. The molecule has 2 fully saturated rings. The number of methoxy groups -OCH3 is 1. The van der Waals surface area contributed by atoms with Crippen molar-refractivity contribution >= 4 is 23.2 Å². The van der Waals surface area contributed by atoms with Crippen LogP contribution < -0.4 is 15.0 Å². The summed E-state index contributed by atoms with van der Waals surface area (Å²) in [6.45, 7) is 1.10. The zero-order chi connectivity index (χ0) is 21.1. The van der Waals surface area contributed by atoms with Gasteiger partial charge in [-0.15, -0.1) is 0 Å². The second-order valence-corrected chi connectivity index (χ2v) is 9.00. The highest BCUT2D eigenvalue weighted by atomic mass is 35.5. The molecule has 1 amide bonds. The molecule has 1 aliphatic carbocycles. The standard InChI is InChI=1S/C24H29ClN2O3/c1-30-21-8-3-2-6-19(21)23-20-7-4-5-13-24(20,29)14-15-27(23)16-22(28)26-18-11-9-17(25)10-12-18/h2-3,6,8-12,20,23,29H,4-5,7,13-16H2,1H3,(H,26,28)/p+1/t20-,23-,24+/m1/s1. The molecule has 6 heteroatoms. The van der Waals surface area contributed by atoms with Crippen molar-refractivity contribution in [1.82, 2.24) is 0 Å². The van der Waals surface area contributed by atoms with Crippen molar-refractivity contribution in [2.75, 3.05) is 25.5 Å². The van der Waals surface area contributed by atoms with Crippen LogP contribution in [0.1, 0.15) is 43.7 Å². The van der Waals surface area contributed by atoms with Crippen LogP contribution in [0, 0.1) is 5.92 Å². The fraction of sp³-hybridized carbons (Fsp3) is 0.458. The Morgan fingerprint density at radius 2 is 1.97 bits per heavy atom. The summed E-state index contributed by atoms with van der Waals surface area (Å²) in [5.74, 6) is 0.913. The molecule has 0 radical (unpaired) electrons. The van der Waals surface area contributed by atoms with Crippen LogP contribution in [0.15, 0.2) is 48.5 Å². The molecule has 1 saturated carbocycles. The maximum atomic E-state index is 12.9. The highest BCUT2D eigenvalue weighted by Gasteiger charge is 2.52. The Morgan fingerprint density at radius 3 is 2.73 bits per heavy atom. The van der Waals surface area contributed by atoms with E-state index in [9.17, 15) is 9.90 Å². The SMILES string of the molecule is COc1ccccc1[C@@H]1[C@H]2CCCC[C@]2(O)CC[NH+]1CC(=O)Nc1ccc(Cl)cc1. The first-order chi connectivity index (χ1) is 14.5. The molecule has 0 aromatic heterocycles. The van der Waals surface area contributed by atoms with Gasteiger partial charge in [-0.05, 0) is 49.2 Å². The van der Waals surface area contributed by atoms with E-state index in [1.54, 1.807) is 19.2 Å². The molecule has 4 atom stereocenters. The molecule has 2 aliphatic rings. The molecule has 1 heterocycles. The topological polar surface area (TPSA) is 63.0 Å². The number of nitrogens with one attached hydrogen (secondary N) is 2. The van der Waals surface area contributed by atoms with E-state index in [-0.39, 0.29) is 17.9 Å². The number of aliphatic hydroxyl groups is 1. The molecule has 4 rings (SSSR count). The average molecular weight is 430 g/mol. The van der Waals surface area contributed by atoms with Crippen molar-refractivity contribution in [1.29, 1.82) is 0 Å². The average Bonchev–Trinajstić information content (AvgIpc) is 2.75. The Kier molecular flexibility index (Phi) is 6.32. The lowest BCUT2D eigenvalue weighted by Crippen LogP contribution is -3.16. The molecule has 1 unspecified atom stereocenters. The minimum absolute atomic E-state index is 0.0242. The molecule has 1 aliphatic heterocycles. The number of likely N-dealkylation sites (tertiary alicyclic amines) is 1. The number of ether oxygens (including phenoxy) is 1. The first-order valence-corrected chi connectivity index (χ1v) is 11.1. The van der Waals surface area contributed by atoms with Crippen LogP contribution in [-0.4, -0.2) is 36.8 Å². The molecule has 5 nitrogen and oxygen atoms in total. The van der Waals surface area contributed by atoms with E-state index in [1.807, 2.05) is 30.3 Å². The van der Waals surface area contributed by atoms with E-state index in [1.165, 1.54) is 4.90 Å². The Labute approximate surface area is 183 Å². The van der Waals surface area contributed by atoms with Crippen LogP contribution in [0.3, 0.4) is 0 Å². The van der Waals surface area contributed by atoms with Crippen molar-refractivity contribution in [2.45, 2.75) is 43.7 Å². The third kappa shape index (κ3) is 4.34. The number of fused-ring (bicyclic) bond motifs is 1. The minimum atomic E-state index is -0.653. The van der Waals surface area contributed by atoms with Crippen LogP contribution >= 0.6 is 11.6 Å². The molecule has 30 heavy (non-hydrogen) atoms. The fourth-order valence-electron chi connectivity index (χ4n) is 5.36. The Balaban J connectivity index is 1.60. The monoisotopic (exact) mass is 429 g/mol. The van der Waals surface area contributed by atoms with Gasteiger partial charge in [0.1, 0.15) is 11.8 Å². The number of hydrogen-bond donors (Lipinski definition) is 3. The number of carbonyl (C=O) groups is 1. The van der Waals surface area contributed by atoms with Gasteiger partial charge in [-0.3, -0.25) is 4.79 Å². The lowest BCUT2D eigenvalue weighted by Gasteiger charge is -2.50. The summed E-state index contributed by atoms with van der Waals surface area (Å²) in [5.41, 5.74) is 1.17. The number of rotatable bonds is 5. The lowest BCUT2D eigenvalue weighted by molar-refractivity contribution is -0.937. The highest BCUT2D eigenvalue weighted by molar-refractivity contribution is 6.30. The van der Waals surface area contributed by atoms with Crippen LogP contribution in [-0.2, 0) is 4.79 Å². The third-order valence-electron chi connectivity index (χ3n) is 6.78. The molecular formula is C24H30ClN2O3+. The van der Waals surface area contributed by atoms with Gasteiger partial charge >= 0.3 is 0 Å². The quantitative estimate of drug-likeness (QED) is 0.683. The van der Waals surface area contributed by atoms with E-state index >= 15 is 0 Å². The summed E-state index contributed by atoms with van der Waals surface area (Å²) in [5, 5.41) is 15.1. The summed E-state index contributed by atoms with van der Waals surface area (Å²) < 4.78 is 5.66. The van der Waals surface area contributed by atoms with Gasteiger partial charge in [-0.2, -0.15) is 0 Å². The summed E-state index contributed by atoms with van der Waals surface area (Å²) in [7, 11) is 1.68. The van der Waals surface area contributed by atoms with Gasteiger partial charge < -0.3 is 20.1 Å². The number of para-hydroxylation sites is 1. The number of anilines is 1. The van der Waals surface area contributed by atoms with Gasteiger partial charge in [-0.25, -0.2) is 0 Å². The smallest absolute Gasteiger partial charge is 0.279 e. The van der Waals surface area contributed by atoms with Crippen molar-refractivity contribution < 1.29 is 19.5 Å². The third-order valence-corrected chi connectivity index (χ3v) is 7.03. The summed E-state index contributed by atoms with van der Waals surface area (Å²) in [6, 6.07) is 15.2. The van der Waals surface area contributed by atoms with Gasteiger partial charge in [0.05, 0.1) is 24.8 Å². The molecule has 2 aromatic rings. The van der Waals surface area contributed by atoms with Crippen LogP contribution in [0.5, 0.6) is 5.75 Å². The van der Waals surface area contributed by atoms with E-state index in [0.29, 0.717) is 11.6 Å². The van der Waals surface area contributed by atoms with Crippen LogP contribution in [0.25, 0.3) is 0 Å². The van der Waals surface area contributed by atoms with E-state index < -0.39 is 5.60 Å². The van der Waals surface area contributed by atoms with Gasteiger partial charge in [0, 0.05) is 23.0 Å². The normalized spacial score (nSPS) is 28.4. The predicted octanol–water partition coefficient (Wildman–Crippen LogP) is 3.24. The highest BCUT2D eigenvalue weighted by Crippen LogP contribution is 2.45. The van der Waals surface area contributed by atoms with E-state index in [2.05, 4.69) is 11.4 Å². The van der Waals surface area contributed by atoms with Crippen molar-refractivity contribution in [3.8, 4) is 5.75 Å². The first kappa shape index (κ1) is 21.2. The second kappa shape index (κ2) is 8.96. The van der Waals surface area contributed by atoms with Crippen molar-refractivity contribution in [3.63, 3.8) is 0 Å². The number of hydrogen-bond acceptors (Lipinski definition) is 3. The van der Waals surface area contributed by atoms with Crippen LogP contribution in [0.4, 0.5) is 5.69 Å². The fourth-order valence-corrected chi connectivity index (χ4v) is 5.48. The predicted molar refractivity (Wildman–Crippen MR) is 118 cm³/mol. The molecule has 0 spiro atoms. The number of piperidine rings is 1. The number of benzene rings is 2. The van der Waals surface area contributed by atoms with Crippen molar-refractivity contribution in [3.05, 3.63) is 59.1 Å². The number of quaternary nitrogens is 1. The molecule has 2 aromatic carbocycles. The van der Waals surface area contributed by atoms with Gasteiger partial charge in [0.15, 0.2) is 6.54 Å². The maximum absolute atomic E-state index is 12.9. The Bertz CT molecular complexity index is 888. The van der Waals surface area contributed by atoms with Gasteiger partial charge in [0.2, 0.25) is 0 Å². The summed E-state index contributed by atoms with van der Waals surface area (Å²) in [6.07, 6.45) is 4.73. The van der Waals surface area contributed by atoms with Crippen molar-refractivity contribution in [2.24, 2.45) is 5.92 Å². The van der Waals surface area contributed by atoms with Crippen LogP contribution in [0.2, 0.25) is 5.02 Å². The van der Waals surface area contributed by atoms with Gasteiger partial charge in [-0.1, -0.05) is 36.6 Å². The lowest BCUT2D eigenvalue weighted by atomic mass is 9.66. The summed E-state index contributed by atoms with van der Waals surface area (Å²) in [4.78, 5) is 14.1. The second-order valence-electron chi connectivity index (χ2n) is 8.57. The summed E-state index contributed by atoms with van der Waals surface area (Å²) >= 11 is 5.94. The zero-order valence-corrected chi connectivity index (χ0v) is 18.1. The molecular weight excluding hydrogens is 400 g/mol. The first-order valence-electron chi connectivity index (χ1n) is 10.8. The van der Waals surface area contributed by atoms with E-state index in [4.69, 9.17) is 16.3 Å². The number of carbonyl (C=O) groups excluding carboxylic acids is 1. The number of halogens is 1. The number of amides is 1. The Hall–Kier alpha value is -2.08. The molecule has 160 valence electrons. The maximum Gasteiger partial charge on any atom is 0.279 e. The minimum Gasteiger partial charge on any atom is -0.496 e. The molecule has 1 saturated heterocycles. The van der Waals surface area contributed by atoms with Gasteiger partial charge in [0.25, 0.3) is 5.91 Å². The largest absolute Gasteiger partial charge is 0.496 e. The Morgan fingerprint density at radius 1 is 1.20 bits per heavy atom. The van der Waals surface area contributed by atoms with E-state index in [0.717, 1.165) is 55.6 Å². The molecule has 3 N–H and O–H groups in total.